The molecule has 0 spiro atoms. The first kappa shape index (κ1) is 11.1. The third-order valence-electron chi connectivity index (χ3n) is 2.90. The predicted molar refractivity (Wildman–Crippen MR) is 62.9 cm³/mol. The van der Waals surface area contributed by atoms with Crippen molar-refractivity contribution < 1.29 is 0 Å². The maximum atomic E-state index is 12.2. The highest BCUT2D eigenvalue weighted by molar-refractivity contribution is 5.34. The molecule has 5 heteroatoms. The molecule has 1 aliphatic rings. The number of hydrogen-bond acceptors (Lipinski definition) is 4. The van der Waals surface area contributed by atoms with E-state index in [1.54, 1.807) is 4.57 Å². The van der Waals surface area contributed by atoms with Crippen LogP contribution in [-0.4, -0.2) is 27.9 Å². The summed E-state index contributed by atoms with van der Waals surface area (Å²) >= 11 is 0. The van der Waals surface area contributed by atoms with Gasteiger partial charge in [0.15, 0.2) is 0 Å². The molecule has 0 N–H and O–H groups in total. The highest BCUT2D eigenvalue weighted by Gasteiger charge is 2.27. The van der Waals surface area contributed by atoms with Crippen molar-refractivity contribution >= 4 is 5.95 Å². The number of likely N-dealkylation sites (N-methyl/N-ethyl adjacent to an activating group) is 1. The Morgan fingerprint density at radius 3 is 2.50 bits per heavy atom. The van der Waals surface area contributed by atoms with Crippen molar-refractivity contribution in [3.05, 3.63) is 16.0 Å². The third-order valence-corrected chi connectivity index (χ3v) is 2.90. The van der Waals surface area contributed by atoms with Crippen LogP contribution in [0.15, 0.2) is 4.79 Å². The van der Waals surface area contributed by atoms with Gasteiger partial charge in [0.25, 0.3) is 5.56 Å². The van der Waals surface area contributed by atoms with Crippen LogP contribution >= 0.6 is 0 Å². The molecule has 0 aliphatic carbocycles. The molecule has 0 amide bonds. The standard InChI is InChI=1S/C11H18N4O/c1-5-14-6-7-15-9(16)8(11(2,3)4)12-13-10(14)15/h5-7H2,1-4H3. The van der Waals surface area contributed by atoms with Crippen molar-refractivity contribution in [2.45, 2.75) is 39.7 Å². The van der Waals surface area contributed by atoms with Gasteiger partial charge in [-0.15, -0.1) is 10.2 Å². The van der Waals surface area contributed by atoms with Crippen molar-refractivity contribution in [2.75, 3.05) is 18.0 Å². The van der Waals surface area contributed by atoms with Gasteiger partial charge in [0.2, 0.25) is 5.95 Å². The van der Waals surface area contributed by atoms with Crippen LogP contribution in [0.4, 0.5) is 5.95 Å². The van der Waals surface area contributed by atoms with Gasteiger partial charge in [-0.1, -0.05) is 20.8 Å². The Labute approximate surface area is 95.1 Å². The summed E-state index contributed by atoms with van der Waals surface area (Å²) in [7, 11) is 0. The van der Waals surface area contributed by atoms with Gasteiger partial charge < -0.3 is 4.90 Å². The van der Waals surface area contributed by atoms with Crippen LogP contribution in [-0.2, 0) is 12.0 Å². The maximum Gasteiger partial charge on any atom is 0.277 e. The Hall–Kier alpha value is -1.39. The minimum atomic E-state index is -0.244. The zero-order valence-electron chi connectivity index (χ0n) is 10.3. The maximum absolute atomic E-state index is 12.2. The van der Waals surface area contributed by atoms with Crippen LogP contribution in [0.5, 0.6) is 0 Å². The van der Waals surface area contributed by atoms with Gasteiger partial charge in [0.1, 0.15) is 5.69 Å². The van der Waals surface area contributed by atoms with Crippen molar-refractivity contribution in [3.8, 4) is 0 Å². The SMILES string of the molecule is CCN1CCn2c1nnc(C(C)(C)C)c2=O. The molecular formula is C11H18N4O. The Morgan fingerprint density at radius 1 is 1.25 bits per heavy atom. The van der Waals surface area contributed by atoms with E-state index in [9.17, 15) is 4.79 Å². The van der Waals surface area contributed by atoms with Crippen LogP contribution < -0.4 is 10.5 Å². The van der Waals surface area contributed by atoms with E-state index in [-0.39, 0.29) is 11.0 Å². The molecule has 5 nitrogen and oxygen atoms in total. The average molecular weight is 222 g/mol. The normalized spacial score (nSPS) is 15.4. The van der Waals surface area contributed by atoms with Gasteiger partial charge in [-0.2, -0.15) is 0 Å². The summed E-state index contributed by atoms with van der Waals surface area (Å²) in [5.41, 5.74) is 0.314. The van der Waals surface area contributed by atoms with Crippen molar-refractivity contribution in [2.24, 2.45) is 0 Å². The Kier molecular flexibility index (Phi) is 2.48. The second-order valence-electron chi connectivity index (χ2n) is 5.14. The van der Waals surface area contributed by atoms with Gasteiger partial charge >= 0.3 is 0 Å². The quantitative estimate of drug-likeness (QED) is 0.704. The Morgan fingerprint density at radius 2 is 1.94 bits per heavy atom. The third kappa shape index (κ3) is 1.60. The second-order valence-corrected chi connectivity index (χ2v) is 5.14. The van der Waals surface area contributed by atoms with Crippen LogP contribution in [0, 0.1) is 0 Å². The van der Waals surface area contributed by atoms with E-state index >= 15 is 0 Å². The summed E-state index contributed by atoms with van der Waals surface area (Å²) in [4.78, 5) is 14.3. The summed E-state index contributed by atoms with van der Waals surface area (Å²) < 4.78 is 1.73. The highest BCUT2D eigenvalue weighted by Crippen LogP contribution is 2.19. The molecule has 2 heterocycles. The zero-order chi connectivity index (χ0) is 11.9. The monoisotopic (exact) mass is 222 g/mol. The fraction of sp³-hybridized carbons (Fsp3) is 0.727. The van der Waals surface area contributed by atoms with Crippen molar-refractivity contribution in [1.29, 1.82) is 0 Å². The first-order chi connectivity index (χ1) is 7.45. The number of hydrogen-bond donors (Lipinski definition) is 0. The molecule has 0 bridgehead atoms. The number of anilines is 1. The number of aromatic nitrogens is 3. The van der Waals surface area contributed by atoms with E-state index in [1.165, 1.54) is 0 Å². The largest absolute Gasteiger partial charge is 0.339 e. The summed E-state index contributed by atoms with van der Waals surface area (Å²) in [5, 5.41) is 8.27. The summed E-state index contributed by atoms with van der Waals surface area (Å²) in [6.07, 6.45) is 0. The van der Waals surface area contributed by atoms with E-state index in [0.717, 1.165) is 19.6 Å². The minimum absolute atomic E-state index is 0.00782. The molecule has 1 aromatic heterocycles. The molecule has 88 valence electrons. The molecule has 2 rings (SSSR count). The fourth-order valence-electron chi connectivity index (χ4n) is 1.94. The van der Waals surface area contributed by atoms with Crippen molar-refractivity contribution in [1.82, 2.24) is 14.8 Å². The lowest BCUT2D eigenvalue weighted by atomic mass is 9.93. The summed E-state index contributed by atoms with van der Waals surface area (Å²) in [6, 6.07) is 0. The molecule has 0 atom stereocenters. The van der Waals surface area contributed by atoms with Gasteiger partial charge in [-0.3, -0.25) is 9.36 Å². The second kappa shape index (κ2) is 3.57. The molecule has 0 fully saturated rings. The predicted octanol–water partition coefficient (Wildman–Crippen LogP) is 0.776. The van der Waals surface area contributed by atoms with Gasteiger partial charge in [0, 0.05) is 25.0 Å². The van der Waals surface area contributed by atoms with Crippen LogP contribution in [0.2, 0.25) is 0 Å². The molecule has 1 aliphatic heterocycles. The number of fused-ring (bicyclic) bond motifs is 1. The Bertz CT molecular complexity index is 458. The average Bonchev–Trinajstić information content (AvgIpc) is 2.60. The smallest absolute Gasteiger partial charge is 0.277 e. The van der Waals surface area contributed by atoms with Crippen LogP contribution in [0.25, 0.3) is 0 Å². The Balaban J connectivity index is 2.56. The molecule has 1 aromatic rings. The highest BCUT2D eigenvalue weighted by atomic mass is 16.1. The van der Waals surface area contributed by atoms with Gasteiger partial charge in [-0.25, -0.2) is 0 Å². The lowest BCUT2D eigenvalue weighted by Crippen LogP contribution is -2.32. The van der Waals surface area contributed by atoms with Gasteiger partial charge in [-0.05, 0) is 6.92 Å². The number of rotatable bonds is 1. The summed E-state index contributed by atoms with van der Waals surface area (Å²) in [6.45, 7) is 10.4. The molecule has 0 saturated carbocycles. The molecule has 0 radical (unpaired) electrons. The lowest BCUT2D eigenvalue weighted by molar-refractivity contribution is 0.533. The first-order valence-corrected chi connectivity index (χ1v) is 5.68. The van der Waals surface area contributed by atoms with Crippen LogP contribution in [0.3, 0.4) is 0 Å². The molecule has 0 aromatic carbocycles. The van der Waals surface area contributed by atoms with E-state index in [0.29, 0.717) is 11.6 Å². The van der Waals surface area contributed by atoms with E-state index < -0.39 is 0 Å². The molecule has 16 heavy (non-hydrogen) atoms. The van der Waals surface area contributed by atoms with Crippen molar-refractivity contribution in [3.63, 3.8) is 0 Å². The molecule has 0 unspecified atom stereocenters. The van der Waals surface area contributed by atoms with Gasteiger partial charge in [0.05, 0.1) is 0 Å². The molecule has 0 saturated heterocycles. The lowest BCUT2D eigenvalue weighted by Gasteiger charge is -2.18. The van der Waals surface area contributed by atoms with E-state index in [1.807, 2.05) is 20.8 Å². The first-order valence-electron chi connectivity index (χ1n) is 5.68. The zero-order valence-corrected chi connectivity index (χ0v) is 10.3. The number of nitrogens with zero attached hydrogens (tertiary/aromatic N) is 4. The van der Waals surface area contributed by atoms with Crippen LogP contribution in [0.1, 0.15) is 33.4 Å². The fourth-order valence-corrected chi connectivity index (χ4v) is 1.94. The summed E-state index contributed by atoms with van der Waals surface area (Å²) in [5.74, 6) is 0.709. The minimum Gasteiger partial charge on any atom is -0.339 e. The van der Waals surface area contributed by atoms with E-state index in [4.69, 9.17) is 0 Å². The topological polar surface area (TPSA) is 51.0 Å². The molecular weight excluding hydrogens is 204 g/mol. The van der Waals surface area contributed by atoms with E-state index in [2.05, 4.69) is 22.0 Å².